The van der Waals surface area contributed by atoms with Gasteiger partial charge in [-0.15, -0.1) is 0 Å². The topological polar surface area (TPSA) is 82.8 Å². The number of carbonyl (C=O) groups excluding carboxylic acids is 2. The van der Waals surface area contributed by atoms with Gasteiger partial charge in [0.05, 0.1) is 6.26 Å². The number of likely N-dealkylation sites (tertiary alicyclic amines) is 1. The van der Waals surface area contributed by atoms with E-state index in [2.05, 4.69) is 9.97 Å². The summed E-state index contributed by atoms with van der Waals surface area (Å²) in [6.07, 6.45) is 5.23. The first-order valence-electron chi connectivity index (χ1n) is 8.92. The number of aromatic nitrogens is 2. The van der Waals surface area contributed by atoms with E-state index in [0.29, 0.717) is 43.6 Å². The maximum absolute atomic E-state index is 12.5. The molecule has 0 saturated carbocycles. The van der Waals surface area contributed by atoms with Gasteiger partial charge in [-0.1, -0.05) is 0 Å². The van der Waals surface area contributed by atoms with Gasteiger partial charge in [0.1, 0.15) is 5.69 Å². The molecule has 4 rings (SSSR count). The SMILES string of the molecule is O=C(c1ccnc(N2CCN(C(=O)c3ccco3)CC2)n1)N1CCCC1. The molecule has 0 unspecified atom stereocenters. The number of piperazine rings is 1. The molecule has 4 heterocycles. The molecule has 0 aromatic carbocycles. The van der Waals surface area contributed by atoms with E-state index < -0.39 is 0 Å². The minimum atomic E-state index is -0.103. The van der Waals surface area contributed by atoms with Crippen molar-refractivity contribution in [2.75, 3.05) is 44.2 Å². The molecule has 0 spiro atoms. The smallest absolute Gasteiger partial charge is 0.289 e. The summed E-state index contributed by atoms with van der Waals surface area (Å²) in [5, 5.41) is 0. The number of hydrogen-bond acceptors (Lipinski definition) is 6. The fourth-order valence-electron chi connectivity index (χ4n) is 3.37. The van der Waals surface area contributed by atoms with Crippen molar-refractivity contribution in [3.8, 4) is 0 Å². The lowest BCUT2D eigenvalue weighted by atomic mass is 10.3. The third-order valence-electron chi connectivity index (χ3n) is 4.84. The van der Waals surface area contributed by atoms with Crippen molar-refractivity contribution in [3.63, 3.8) is 0 Å². The first kappa shape index (κ1) is 16.6. The van der Waals surface area contributed by atoms with E-state index >= 15 is 0 Å². The number of hydrogen-bond donors (Lipinski definition) is 0. The van der Waals surface area contributed by atoms with Crippen molar-refractivity contribution in [1.29, 1.82) is 0 Å². The van der Waals surface area contributed by atoms with Crippen LogP contribution in [0.5, 0.6) is 0 Å². The first-order chi connectivity index (χ1) is 12.7. The summed E-state index contributed by atoms with van der Waals surface area (Å²) in [5.41, 5.74) is 0.436. The lowest BCUT2D eigenvalue weighted by Gasteiger charge is -2.34. The van der Waals surface area contributed by atoms with Crippen LogP contribution < -0.4 is 4.90 Å². The van der Waals surface area contributed by atoms with Crippen LogP contribution in [0, 0.1) is 0 Å². The molecular formula is C18H21N5O3. The maximum atomic E-state index is 12.5. The Morgan fingerprint density at radius 2 is 1.65 bits per heavy atom. The molecule has 0 N–H and O–H groups in total. The number of carbonyl (C=O) groups is 2. The van der Waals surface area contributed by atoms with Crippen LogP contribution in [0.15, 0.2) is 35.1 Å². The Morgan fingerprint density at radius 3 is 2.35 bits per heavy atom. The number of amides is 2. The van der Waals surface area contributed by atoms with E-state index in [0.717, 1.165) is 25.9 Å². The van der Waals surface area contributed by atoms with E-state index in [4.69, 9.17) is 4.42 Å². The number of nitrogens with zero attached hydrogens (tertiary/aromatic N) is 5. The summed E-state index contributed by atoms with van der Waals surface area (Å²) >= 11 is 0. The Kier molecular flexibility index (Phi) is 4.55. The molecule has 2 aliphatic heterocycles. The highest BCUT2D eigenvalue weighted by atomic mass is 16.3. The van der Waals surface area contributed by atoms with Gasteiger partial charge < -0.3 is 19.1 Å². The third-order valence-corrected chi connectivity index (χ3v) is 4.84. The van der Waals surface area contributed by atoms with Gasteiger partial charge in [-0.3, -0.25) is 9.59 Å². The lowest BCUT2D eigenvalue weighted by molar-refractivity contribution is 0.0714. The molecule has 2 saturated heterocycles. The van der Waals surface area contributed by atoms with Gasteiger partial charge in [0, 0.05) is 45.5 Å². The van der Waals surface area contributed by atoms with Crippen molar-refractivity contribution in [3.05, 3.63) is 42.1 Å². The van der Waals surface area contributed by atoms with Gasteiger partial charge in [0.2, 0.25) is 5.95 Å². The fraction of sp³-hybridized carbons (Fsp3) is 0.444. The second-order valence-electron chi connectivity index (χ2n) is 6.50. The Bertz CT molecular complexity index is 778. The monoisotopic (exact) mass is 355 g/mol. The third kappa shape index (κ3) is 3.26. The van der Waals surface area contributed by atoms with E-state index in [-0.39, 0.29) is 11.8 Å². The highest BCUT2D eigenvalue weighted by Crippen LogP contribution is 2.16. The molecular weight excluding hydrogens is 334 g/mol. The van der Waals surface area contributed by atoms with Crippen molar-refractivity contribution in [2.24, 2.45) is 0 Å². The normalized spacial score (nSPS) is 17.6. The standard InChI is InChI=1S/C18H21N5O3/c24-16(21-7-1-2-8-21)14-5-6-19-18(20-14)23-11-9-22(10-12-23)17(25)15-4-3-13-26-15/h3-6,13H,1-2,7-12H2. The largest absolute Gasteiger partial charge is 0.459 e. The predicted octanol–water partition coefficient (Wildman–Crippen LogP) is 1.27. The van der Waals surface area contributed by atoms with Crippen LogP contribution in [-0.2, 0) is 0 Å². The summed E-state index contributed by atoms with van der Waals surface area (Å²) in [4.78, 5) is 39.2. The number of anilines is 1. The molecule has 2 amide bonds. The second kappa shape index (κ2) is 7.15. The molecule has 8 heteroatoms. The average molecular weight is 355 g/mol. The van der Waals surface area contributed by atoms with Crippen LogP contribution in [0.2, 0.25) is 0 Å². The second-order valence-corrected chi connectivity index (χ2v) is 6.50. The van der Waals surface area contributed by atoms with Gasteiger partial charge in [0.25, 0.3) is 11.8 Å². The Balaban J connectivity index is 1.40. The van der Waals surface area contributed by atoms with Crippen LogP contribution in [0.25, 0.3) is 0 Å². The van der Waals surface area contributed by atoms with Gasteiger partial charge >= 0.3 is 0 Å². The predicted molar refractivity (Wildman–Crippen MR) is 94.0 cm³/mol. The van der Waals surface area contributed by atoms with Crippen LogP contribution in [0.1, 0.15) is 33.9 Å². The maximum Gasteiger partial charge on any atom is 0.289 e. The van der Waals surface area contributed by atoms with Gasteiger partial charge in [-0.05, 0) is 31.0 Å². The fourth-order valence-corrected chi connectivity index (χ4v) is 3.37. The molecule has 2 aliphatic rings. The highest BCUT2D eigenvalue weighted by Gasteiger charge is 2.26. The number of furan rings is 1. The van der Waals surface area contributed by atoms with Crippen LogP contribution >= 0.6 is 0 Å². The molecule has 2 aromatic rings. The molecule has 26 heavy (non-hydrogen) atoms. The van der Waals surface area contributed by atoms with E-state index in [1.165, 1.54) is 6.26 Å². The Hall–Kier alpha value is -2.90. The van der Waals surface area contributed by atoms with Crippen LogP contribution in [-0.4, -0.2) is 70.9 Å². The quantitative estimate of drug-likeness (QED) is 0.825. The van der Waals surface area contributed by atoms with Gasteiger partial charge in [-0.2, -0.15) is 0 Å². The summed E-state index contributed by atoms with van der Waals surface area (Å²) in [6, 6.07) is 5.05. The zero-order valence-corrected chi connectivity index (χ0v) is 14.5. The zero-order valence-electron chi connectivity index (χ0n) is 14.5. The Labute approximate surface area is 151 Å². The molecule has 2 fully saturated rings. The minimum Gasteiger partial charge on any atom is -0.459 e. The van der Waals surface area contributed by atoms with Crippen molar-refractivity contribution >= 4 is 17.8 Å². The number of rotatable bonds is 3. The van der Waals surface area contributed by atoms with Crippen LogP contribution in [0.4, 0.5) is 5.95 Å². The molecule has 2 aromatic heterocycles. The summed E-state index contributed by atoms with van der Waals surface area (Å²) in [6.45, 7) is 3.96. The van der Waals surface area contributed by atoms with Crippen LogP contribution in [0.3, 0.4) is 0 Å². The van der Waals surface area contributed by atoms with Crippen molar-refractivity contribution < 1.29 is 14.0 Å². The van der Waals surface area contributed by atoms with Crippen molar-refractivity contribution in [2.45, 2.75) is 12.8 Å². The van der Waals surface area contributed by atoms with E-state index in [9.17, 15) is 9.59 Å². The molecule has 136 valence electrons. The van der Waals surface area contributed by atoms with Gasteiger partial charge in [-0.25, -0.2) is 9.97 Å². The van der Waals surface area contributed by atoms with Gasteiger partial charge in [0.15, 0.2) is 5.76 Å². The van der Waals surface area contributed by atoms with E-state index in [1.54, 1.807) is 29.3 Å². The van der Waals surface area contributed by atoms with Crippen molar-refractivity contribution in [1.82, 2.24) is 19.8 Å². The Morgan fingerprint density at radius 1 is 0.923 bits per heavy atom. The molecule has 0 radical (unpaired) electrons. The molecule has 0 bridgehead atoms. The lowest BCUT2D eigenvalue weighted by Crippen LogP contribution is -2.49. The summed E-state index contributed by atoms with van der Waals surface area (Å²) in [5.74, 6) is 0.763. The molecule has 0 aliphatic carbocycles. The minimum absolute atomic E-state index is 0.0298. The van der Waals surface area contributed by atoms with E-state index in [1.807, 2.05) is 9.80 Å². The highest BCUT2D eigenvalue weighted by molar-refractivity contribution is 5.93. The molecule has 0 atom stereocenters. The molecule has 8 nitrogen and oxygen atoms in total. The first-order valence-corrected chi connectivity index (χ1v) is 8.92. The average Bonchev–Trinajstić information content (AvgIpc) is 3.41. The zero-order chi connectivity index (χ0) is 17.9. The summed E-state index contributed by atoms with van der Waals surface area (Å²) in [7, 11) is 0. The summed E-state index contributed by atoms with van der Waals surface area (Å²) < 4.78 is 5.18.